The predicted octanol–water partition coefficient (Wildman–Crippen LogP) is 15.3. The molecule has 0 unspecified atom stereocenters. The summed E-state index contributed by atoms with van der Waals surface area (Å²) in [6, 6.07) is 47.4. The molecule has 5 heteroatoms. The monoisotopic (exact) mass is 848 g/mol. The molecule has 64 heavy (non-hydrogen) atoms. The first-order chi connectivity index (χ1) is 30.4. The van der Waals surface area contributed by atoms with E-state index >= 15 is 0 Å². The quantitative estimate of drug-likeness (QED) is 0.154. The average molecular weight is 849 g/mol. The van der Waals surface area contributed by atoms with Crippen molar-refractivity contribution >= 4 is 93.6 Å². The lowest BCUT2D eigenvalue weighted by atomic mass is 9.46. The fourth-order valence-electron chi connectivity index (χ4n) is 11.7. The molecule has 2 aliphatic heterocycles. The SMILES string of the molecule is CC(C)(C)c1ccc(N2B3c4oc5ccc(C(C)(C)C)cc5c4-n4c5cc6sc7ccccc7c6cc5c5ccc(c3c54)-c3cc4c(cc32)-c2ccc(C(C)(C)C)cc2C4(C)C)cc1. The maximum Gasteiger partial charge on any atom is 0.375 e. The van der Waals surface area contributed by atoms with Crippen molar-refractivity contribution in [2.75, 3.05) is 4.81 Å². The molecule has 0 radical (unpaired) electrons. The van der Waals surface area contributed by atoms with Gasteiger partial charge < -0.3 is 13.8 Å². The van der Waals surface area contributed by atoms with Gasteiger partial charge in [-0.05, 0) is 121 Å². The van der Waals surface area contributed by atoms with Gasteiger partial charge in [-0.2, -0.15) is 0 Å². The van der Waals surface area contributed by atoms with Gasteiger partial charge in [0.1, 0.15) is 11.2 Å². The Morgan fingerprint density at radius 3 is 1.95 bits per heavy atom. The lowest BCUT2D eigenvalue weighted by molar-refractivity contribution is 0.584. The van der Waals surface area contributed by atoms with Crippen LogP contribution in [0.4, 0.5) is 11.4 Å². The highest BCUT2D eigenvalue weighted by atomic mass is 32.1. The van der Waals surface area contributed by atoms with Gasteiger partial charge in [0.2, 0.25) is 0 Å². The topological polar surface area (TPSA) is 21.3 Å². The molecule has 0 saturated carbocycles. The molecule has 13 rings (SSSR count). The fourth-order valence-corrected chi connectivity index (χ4v) is 12.8. The van der Waals surface area contributed by atoms with Gasteiger partial charge in [0.25, 0.3) is 0 Å². The van der Waals surface area contributed by atoms with Crippen molar-refractivity contribution in [2.24, 2.45) is 0 Å². The zero-order valence-corrected chi connectivity index (χ0v) is 39.7. The van der Waals surface area contributed by atoms with Gasteiger partial charge in [-0.25, -0.2) is 0 Å². The Bertz CT molecular complexity index is 3700. The summed E-state index contributed by atoms with van der Waals surface area (Å²) in [5.41, 5.74) is 21.3. The van der Waals surface area contributed by atoms with Crippen LogP contribution in [0.5, 0.6) is 0 Å². The van der Waals surface area contributed by atoms with Crippen LogP contribution < -0.4 is 15.9 Å². The summed E-state index contributed by atoms with van der Waals surface area (Å²) >= 11 is 1.89. The number of benzene rings is 7. The Balaban J connectivity index is 1.18. The lowest BCUT2D eigenvalue weighted by Crippen LogP contribution is -2.60. The molecule has 314 valence electrons. The number of hydrogen-bond donors (Lipinski definition) is 0. The number of rotatable bonds is 1. The van der Waals surface area contributed by atoms with Crippen molar-refractivity contribution in [2.45, 2.75) is 97.8 Å². The first-order valence-electron chi connectivity index (χ1n) is 23.1. The van der Waals surface area contributed by atoms with E-state index in [0.717, 1.165) is 11.2 Å². The second-order valence-electron chi connectivity index (χ2n) is 22.6. The van der Waals surface area contributed by atoms with E-state index in [1.807, 2.05) is 11.3 Å². The highest BCUT2D eigenvalue weighted by molar-refractivity contribution is 7.25. The van der Waals surface area contributed by atoms with E-state index in [0.29, 0.717) is 0 Å². The van der Waals surface area contributed by atoms with Crippen LogP contribution in [-0.4, -0.2) is 11.4 Å². The number of nitrogens with zero attached hydrogens (tertiary/aromatic N) is 2. The molecule has 0 spiro atoms. The van der Waals surface area contributed by atoms with Crippen molar-refractivity contribution in [3.8, 4) is 27.9 Å². The molecule has 0 N–H and O–H groups in total. The summed E-state index contributed by atoms with van der Waals surface area (Å²) in [6.07, 6.45) is 0. The molecule has 5 heterocycles. The third-order valence-corrected chi connectivity index (χ3v) is 16.4. The summed E-state index contributed by atoms with van der Waals surface area (Å²) in [5.74, 6) is 0. The van der Waals surface area contributed by atoms with Gasteiger partial charge in [-0.15, -0.1) is 11.3 Å². The average Bonchev–Trinajstić information content (AvgIpc) is 3.97. The van der Waals surface area contributed by atoms with Gasteiger partial charge in [0, 0.05) is 58.7 Å². The van der Waals surface area contributed by atoms with Gasteiger partial charge in [-0.1, -0.05) is 143 Å². The van der Waals surface area contributed by atoms with Crippen molar-refractivity contribution in [3.63, 3.8) is 0 Å². The summed E-state index contributed by atoms with van der Waals surface area (Å²) in [4.78, 5) is 2.64. The lowest BCUT2D eigenvalue weighted by Gasteiger charge is -2.41. The first kappa shape index (κ1) is 38.4. The van der Waals surface area contributed by atoms with Crippen LogP contribution in [0.15, 0.2) is 126 Å². The molecule has 0 amide bonds. The molecule has 3 aliphatic rings. The fraction of sp³-hybridized carbons (Fsp3) is 0.254. The maximum absolute atomic E-state index is 7.40. The smallest absolute Gasteiger partial charge is 0.375 e. The Labute approximate surface area is 380 Å². The van der Waals surface area contributed by atoms with Gasteiger partial charge in [0.05, 0.1) is 16.7 Å². The van der Waals surface area contributed by atoms with Crippen molar-refractivity contribution in [1.82, 2.24) is 4.57 Å². The highest BCUT2D eigenvalue weighted by Crippen LogP contribution is 2.55. The van der Waals surface area contributed by atoms with Gasteiger partial charge in [-0.3, -0.25) is 0 Å². The molecule has 0 fully saturated rings. The number of hydrogen-bond acceptors (Lipinski definition) is 3. The van der Waals surface area contributed by atoms with Gasteiger partial charge in [0.15, 0.2) is 0 Å². The van der Waals surface area contributed by atoms with E-state index in [1.165, 1.54) is 120 Å². The van der Waals surface area contributed by atoms with Crippen LogP contribution in [0.1, 0.15) is 104 Å². The number of aromatic nitrogens is 1. The maximum atomic E-state index is 7.40. The molecular formula is C59H53BN2OS. The second kappa shape index (κ2) is 12.2. The first-order valence-corrected chi connectivity index (χ1v) is 23.9. The van der Waals surface area contributed by atoms with Gasteiger partial charge >= 0.3 is 6.85 Å². The van der Waals surface area contributed by atoms with Crippen molar-refractivity contribution in [1.29, 1.82) is 0 Å². The highest BCUT2D eigenvalue weighted by Gasteiger charge is 2.49. The van der Waals surface area contributed by atoms with E-state index in [9.17, 15) is 0 Å². The van der Waals surface area contributed by atoms with Crippen LogP contribution in [0.25, 0.3) is 80.9 Å². The summed E-state index contributed by atoms with van der Waals surface area (Å²) in [5, 5.41) is 6.39. The third kappa shape index (κ3) is 5.00. The van der Waals surface area contributed by atoms with E-state index in [4.69, 9.17) is 4.42 Å². The van der Waals surface area contributed by atoms with Crippen LogP contribution in [0.2, 0.25) is 0 Å². The molecule has 0 bridgehead atoms. The molecular weight excluding hydrogens is 796 g/mol. The minimum Gasteiger partial charge on any atom is -0.466 e. The molecule has 0 saturated heterocycles. The van der Waals surface area contributed by atoms with Crippen LogP contribution in [-0.2, 0) is 21.7 Å². The normalized spacial score (nSPS) is 15.2. The van der Waals surface area contributed by atoms with Crippen LogP contribution in [0, 0.1) is 0 Å². The zero-order valence-electron chi connectivity index (χ0n) is 38.8. The van der Waals surface area contributed by atoms with E-state index in [1.54, 1.807) is 0 Å². The molecule has 10 aromatic rings. The molecule has 1 aliphatic carbocycles. The molecule has 3 nitrogen and oxygen atoms in total. The summed E-state index contributed by atoms with van der Waals surface area (Å²) in [6.45, 7) is 25.5. The Kier molecular flexibility index (Phi) is 7.32. The summed E-state index contributed by atoms with van der Waals surface area (Å²) in [7, 11) is 0. The molecule has 7 aromatic carbocycles. The predicted molar refractivity (Wildman–Crippen MR) is 276 cm³/mol. The number of anilines is 2. The van der Waals surface area contributed by atoms with Crippen LogP contribution >= 0.6 is 11.3 Å². The molecule has 3 aromatic heterocycles. The number of furan rings is 1. The Morgan fingerprint density at radius 1 is 0.531 bits per heavy atom. The number of thiophene rings is 1. The van der Waals surface area contributed by atoms with E-state index in [2.05, 4.69) is 207 Å². The van der Waals surface area contributed by atoms with E-state index < -0.39 is 0 Å². The van der Waals surface area contributed by atoms with E-state index in [-0.39, 0.29) is 28.5 Å². The number of fused-ring (bicyclic) bond motifs is 16. The molecule has 0 atom stereocenters. The summed E-state index contributed by atoms with van der Waals surface area (Å²) < 4.78 is 12.6. The second-order valence-corrected chi connectivity index (χ2v) is 23.7. The largest absolute Gasteiger partial charge is 0.466 e. The minimum atomic E-state index is -0.207. The van der Waals surface area contributed by atoms with Crippen molar-refractivity contribution < 1.29 is 4.42 Å². The standard InChI is InChI=1S/C59H53BN2OS/c1-56(2,3)32-16-20-35(21-17-32)62-48-30-40-36-22-18-34(58(7,8)9)27-45(36)59(10,11)46(40)29-42(48)38-23-24-39-41-28-43-37-14-12-13-15-50(37)64-51(43)31-47(41)61-53(39)52(38)60(62)55-54(61)44-26-33(57(4,5)6)19-25-49(44)63-55/h12-31H,1-11H3. The third-order valence-electron chi connectivity index (χ3n) is 15.2. The van der Waals surface area contributed by atoms with Crippen LogP contribution in [0.3, 0.4) is 0 Å². The Morgan fingerprint density at radius 2 is 1.20 bits per heavy atom. The minimum absolute atomic E-state index is 0.0284. The van der Waals surface area contributed by atoms with Crippen molar-refractivity contribution in [3.05, 3.63) is 149 Å². The zero-order chi connectivity index (χ0) is 44.1. The Hall–Kier alpha value is -6.04.